The van der Waals surface area contributed by atoms with Crippen molar-refractivity contribution in [3.8, 4) is 0 Å². The molecule has 7 heteroatoms. The highest BCUT2D eigenvalue weighted by Crippen LogP contribution is 2.20. The van der Waals surface area contributed by atoms with Crippen LogP contribution in [0.15, 0.2) is 24.3 Å². The zero-order valence-electron chi connectivity index (χ0n) is 14.6. The molecule has 3 amide bonds. The van der Waals surface area contributed by atoms with Gasteiger partial charge in [0.05, 0.1) is 0 Å². The van der Waals surface area contributed by atoms with Crippen LogP contribution in [0.3, 0.4) is 0 Å². The van der Waals surface area contributed by atoms with Gasteiger partial charge in [0.25, 0.3) is 0 Å². The molecule has 2 saturated heterocycles. The first-order valence-electron chi connectivity index (χ1n) is 8.89. The molecule has 0 spiro atoms. The Morgan fingerprint density at radius 1 is 1.04 bits per heavy atom. The van der Waals surface area contributed by atoms with Crippen molar-refractivity contribution >= 4 is 29.2 Å². The van der Waals surface area contributed by atoms with Crippen molar-refractivity contribution in [2.75, 3.05) is 44.2 Å². The van der Waals surface area contributed by atoms with Gasteiger partial charge in [-0.3, -0.25) is 4.79 Å². The van der Waals surface area contributed by atoms with Gasteiger partial charge in [0.2, 0.25) is 5.91 Å². The van der Waals surface area contributed by atoms with Crippen LogP contribution in [0.1, 0.15) is 19.8 Å². The summed E-state index contributed by atoms with van der Waals surface area (Å²) in [5.41, 5.74) is 1.07. The highest BCUT2D eigenvalue weighted by Gasteiger charge is 2.27. The molecule has 2 aliphatic rings. The second kappa shape index (κ2) is 7.95. The lowest BCUT2D eigenvalue weighted by Gasteiger charge is -2.36. The van der Waals surface area contributed by atoms with Gasteiger partial charge in [0.1, 0.15) is 6.04 Å². The smallest absolute Gasteiger partial charge is 0.318 e. The first-order chi connectivity index (χ1) is 12.0. The van der Waals surface area contributed by atoms with E-state index in [1.165, 1.54) is 0 Å². The van der Waals surface area contributed by atoms with Gasteiger partial charge in [-0.25, -0.2) is 4.79 Å². The van der Waals surface area contributed by atoms with Gasteiger partial charge in [-0.1, -0.05) is 17.7 Å². The average molecular weight is 365 g/mol. The molecule has 0 aromatic heterocycles. The molecule has 0 unspecified atom stereocenters. The second-order valence-electron chi connectivity index (χ2n) is 6.66. The van der Waals surface area contributed by atoms with E-state index in [0.29, 0.717) is 18.1 Å². The van der Waals surface area contributed by atoms with Crippen LogP contribution in [0.25, 0.3) is 0 Å². The van der Waals surface area contributed by atoms with E-state index in [1.54, 1.807) is 11.8 Å². The number of hydrogen-bond donors (Lipinski definition) is 1. The lowest BCUT2D eigenvalue weighted by Crippen LogP contribution is -2.55. The molecule has 0 bridgehead atoms. The highest BCUT2D eigenvalue weighted by atomic mass is 35.5. The van der Waals surface area contributed by atoms with Crippen LogP contribution >= 0.6 is 11.6 Å². The largest absolute Gasteiger partial charge is 0.368 e. The van der Waals surface area contributed by atoms with Crippen molar-refractivity contribution < 1.29 is 9.59 Å². The maximum Gasteiger partial charge on any atom is 0.318 e. The standard InChI is InChI=1S/C18H25ClN4O2/c1-14(17(24)22-7-2-3-8-22)20-18(25)23-11-9-21(10-12-23)16-6-4-5-15(19)13-16/h4-6,13-14H,2-3,7-12H2,1H3,(H,20,25)/t14-/m1/s1. The molecule has 3 rings (SSSR count). The maximum atomic E-state index is 12.4. The third-order valence-corrected chi connectivity index (χ3v) is 5.10. The Labute approximate surface area is 153 Å². The van der Waals surface area contributed by atoms with E-state index in [1.807, 2.05) is 29.2 Å². The van der Waals surface area contributed by atoms with E-state index in [4.69, 9.17) is 11.6 Å². The summed E-state index contributed by atoms with van der Waals surface area (Å²) < 4.78 is 0. The van der Waals surface area contributed by atoms with Crippen molar-refractivity contribution in [2.45, 2.75) is 25.8 Å². The lowest BCUT2D eigenvalue weighted by molar-refractivity contribution is -0.131. The lowest BCUT2D eigenvalue weighted by atomic mass is 10.2. The number of carbonyl (C=O) groups excluding carboxylic acids is 2. The van der Waals surface area contributed by atoms with Crippen LogP contribution in [-0.2, 0) is 4.79 Å². The molecule has 6 nitrogen and oxygen atoms in total. The van der Waals surface area contributed by atoms with E-state index in [2.05, 4.69) is 10.2 Å². The number of piperazine rings is 1. The summed E-state index contributed by atoms with van der Waals surface area (Å²) in [4.78, 5) is 30.6. The van der Waals surface area contributed by atoms with E-state index < -0.39 is 6.04 Å². The Balaban J connectivity index is 1.48. The molecule has 25 heavy (non-hydrogen) atoms. The number of rotatable bonds is 3. The number of benzene rings is 1. The third kappa shape index (κ3) is 4.37. The Morgan fingerprint density at radius 2 is 1.72 bits per heavy atom. The molecular weight excluding hydrogens is 340 g/mol. The van der Waals surface area contributed by atoms with Gasteiger partial charge >= 0.3 is 6.03 Å². The molecule has 1 aromatic rings. The van der Waals surface area contributed by atoms with Crippen molar-refractivity contribution in [3.63, 3.8) is 0 Å². The number of likely N-dealkylation sites (tertiary alicyclic amines) is 1. The quantitative estimate of drug-likeness (QED) is 0.894. The number of hydrogen-bond acceptors (Lipinski definition) is 3. The Morgan fingerprint density at radius 3 is 2.36 bits per heavy atom. The molecule has 1 N–H and O–H groups in total. The van der Waals surface area contributed by atoms with E-state index in [-0.39, 0.29) is 11.9 Å². The van der Waals surface area contributed by atoms with Gasteiger partial charge in [0, 0.05) is 50.0 Å². The minimum atomic E-state index is -0.475. The summed E-state index contributed by atoms with van der Waals surface area (Å²) in [7, 11) is 0. The van der Waals surface area contributed by atoms with E-state index >= 15 is 0 Å². The summed E-state index contributed by atoms with van der Waals surface area (Å²) in [5, 5.41) is 3.56. The number of halogens is 1. The van der Waals surface area contributed by atoms with Crippen molar-refractivity contribution in [2.24, 2.45) is 0 Å². The normalized spacial score (nSPS) is 19.0. The maximum absolute atomic E-state index is 12.4. The molecular formula is C18H25ClN4O2. The first-order valence-corrected chi connectivity index (χ1v) is 9.27. The highest BCUT2D eigenvalue weighted by molar-refractivity contribution is 6.30. The Kier molecular flexibility index (Phi) is 5.68. The molecule has 136 valence electrons. The number of nitrogens with one attached hydrogen (secondary N) is 1. The molecule has 1 aromatic carbocycles. The zero-order valence-corrected chi connectivity index (χ0v) is 15.3. The minimum Gasteiger partial charge on any atom is -0.368 e. The fourth-order valence-corrected chi connectivity index (χ4v) is 3.57. The molecule has 0 radical (unpaired) electrons. The Bertz CT molecular complexity index is 625. The number of amides is 3. The van der Waals surface area contributed by atoms with E-state index in [9.17, 15) is 9.59 Å². The third-order valence-electron chi connectivity index (χ3n) is 4.87. The predicted octanol–water partition coefficient (Wildman–Crippen LogP) is 2.18. The van der Waals surface area contributed by atoms with Crippen molar-refractivity contribution in [3.05, 3.63) is 29.3 Å². The topological polar surface area (TPSA) is 55.9 Å². The van der Waals surface area contributed by atoms with Gasteiger partial charge in [-0.2, -0.15) is 0 Å². The molecule has 0 aliphatic carbocycles. The molecule has 2 heterocycles. The summed E-state index contributed by atoms with van der Waals surface area (Å²) >= 11 is 6.05. The van der Waals surface area contributed by atoms with Crippen LogP contribution in [0.4, 0.5) is 10.5 Å². The summed E-state index contributed by atoms with van der Waals surface area (Å²) in [6.45, 7) is 6.13. The van der Waals surface area contributed by atoms with Gasteiger partial charge in [-0.05, 0) is 38.0 Å². The molecule has 2 aliphatic heterocycles. The number of anilines is 1. The fourth-order valence-electron chi connectivity index (χ4n) is 3.39. The summed E-state index contributed by atoms with van der Waals surface area (Å²) in [6, 6.07) is 7.12. The van der Waals surface area contributed by atoms with Gasteiger partial charge in [0.15, 0.2) is 0 Å². The van der Waals surface area contributed by atoms with Crippen LogP contribution in [0, 0.1) is 0 Å². The fraction of sp³-hybridized carbons (Fsp3) is 0.556. The van der Waals surface area contributed by atoms with Gasteiger partial charge in [-0.15, -0.1) is 0 Å². The minimum absolute atomic E-state index is 0.0170. The zero-order chi connectivity index (χ0) is 17.8. The molecule has 0 saturated carbocycles. The Hall–Kier alpha value is -1.95. The van der Waals surface area contributed by atoms with Crippen LogP contribution in [-0.4, -0.2) is 67.0 Å². The predicted molar refractivity (Wildman–Crippen MR) is 99.0 cm³/mol. The van der Waals surface area contributed by atoms with Crippen LogP contribution in [0.5, 0.6) is 0 Å². The molecule has 1 atom stereocenters. The summed E-state index contributed by atoms with van der Waals surface area (Å²) in [6.07, 6.45) is 2.11. The van der Waals surface area contributed by atoms with E-state index in [0.717, 1.165) is 44.7 Å². The van der Waals surface area contributed by atoms with Crippen LogP contribution in [0.2, 0.25) is 5.02 Å². The first kappa shape index (κ1) is 17.9. The molecule has 2 fully saturated rings. The van der Waals surface area contributed by atoms with Crippen molar-refractivity contribution in [1.82, 2.24) is 15.1 Å². The summed E-state index contributed by atoms with van der Waals surface area (Å²) in [5.74, 6) is 0.0170. The van der Waals surface area contributed by atoms with Crippen LogP contribution < -0.4 is 10.2 Å². The van der Waals surface area contributed by atoms with Crippen molar-refractivity contribution in [1.29, 1.82) is 0 Å². The SMILES string of the molecule is C[C@@H](NC(=O)N1CCN(c2cccc(Cl)c2)CC1)C(=O)N1CCCC1. The monoisotopic (exact) mass is 364 g/mol. The number of nitrogens with zero attached hydrogens (tertiary/aromatic N) is 3. The van der Waals surface area contributed by atoms with Gasteiger partial charge < -0.3 is 20.0 Å². The number of urea groups is 1. The number of carbonyl (C=O) groups is 2. The second-order valence-corrected chi connectivity index (χ2v) is 7.09. The average Bonchev–Trinajstić information content (AvgIpc) is 3.15.